The Labute approximate surface area is 86.4 Å². The van der Waals surface area contributed by atoms with Crippen LogP contribution in [0, 0.1) is 11.8 Å². The Morgan fingerprint density at radius 1 is 1.57 bits per heavy atom. The maximum atomic E-state index is 11.2. The lowest BCUT2D eigenvalue weighted by Crippen LogP contribution is -2.31. The van der Waals surface area contributed by atoms with Gasteiger partial charge in [0.25, 0.3) is 0 Å². The molecule has 0 aromatic carbocycles. The molecular weight excluding hydrogens is 200 g/mol. The van der Waals surface area contributed by atoms with Crippen molar-refractivity contribution < 1.29 is 8.42 Å². The van der Waals surface area contributed by atoms with E-state index in [0.29, 0.717) is 12.5 Å². The van der Waals surface area contributed by atoms with Gasteiger partial charge in [0.15, 0.2) is 0 Å². The summed E-state index contributed by atoms with van der Waals surface area (Å²) in [5.74, 6) is 0.830. The van der Waals surface area contributed by atoms with E-state index in [1.165, 1.54) is 6.26 Å². The van der Waals surface area contributed by atoms with Gasteiger partial charge in [-0.15, -0.1) is 0 Å². The highest BCUT2D eigenvalue weighted by Gasteiger charge is 2.28. The molecule has 1 aliphatic rings. The number of nitrogens with zero attached hydrogens (tertiary/aromatic N) is 1. The summed E-state index contributed by atoms with van der Waals surface area (Å²) in [6, 6.07) is 0. The summed E-state index contributed by atoms with van der Waals surface area (Å²) in [6.45, 7) is 2.52. The quantitative estimate of drug-likeness (QED) is 0.697. The molecule has 0 aromatic rings. The van der Waals surface area contributed by atoms with Gasteiger partial charge in [-0.3, -0.25) is 0 Å². The van der Waals surface area contributed by atoms with Crippen molar-refractivity contribution in [2.24, 2.45) is 17.6 Å². The molecular formula is C9H20N2O2S. The van der Waals surface area contributed by atoms with Crippen LogP contribution in [0.3, 0.4) is 0 Å². The van der Waals surface area contributed by atoms with Crippen LogP contribution >= 0.6 is 0 Å². The van der Waals surface area contributed by atoms with E-state index in [2.05, 4.69) is 11.9 Å². The van der Waals surface area contributed by atoms with Crippen LogP contribution in [0.25, 0.3) is 0 Å². The molecule has 84 valence electrons. The lowest BCUT2D eigenvalue weighted by Gasteiger charge is -2.20. The second-order valence-corrected chi connectivity index (χ2v) is 6.58. The zero-order valence-corrected chi connectivity index (χ0v) is 9.76. The Kier molecular flexibility index (Phi) is 3.92. The highest BCUT2D eigenvalue weighted by Crippen LogP contribution is 2.23. The average Bonchev–Trinajstić information content (AvgIpc) is 2.46. The molecule has 1 aliphatic heterocycles. The molecule has 0 radical (unpaired) electrons. The van der Waals surface area contributed by atoms with E-state index >= 15 is 0 Å². The van der Waals surface area contributed by atoms with Crippen LogP contribution in [0.2, 0.25) is 0 Å². The fraction of sp³-hybridized carbons (Fsp3) is 1.00. The van der Waals surface area contributed by atoms with Gasteiger partial charge in [0.1, 0.15) is 9.84 Å². The number of hydrogen-bond donors (Lipinski definition) is 1. The Balaban J connectivity index is 2.54. The van der Waals surface area contributed by atoms with Gasteiger partial charge in [0, 0.05) is 12.8 Å². The molecule has 0 amide bonds. The molecule has 1 heterocycles. The van der Waals surface area contributed by atoms with Crippen molar-refractivity contribution in [3.05, 3.63) is 0 Å². The van der Waals surface area contributed by atoms with Crippen molar-refractivity contribution >= 4 is 9.84 Å². The Bertz CT molecular complexity index is 277. The summed E-state index contributed by atoms with van der Waals surface area (Å²) in [6.07, 6.45) is 2.36. The first-order chi connectivity index (χ1) is 6.42. The van der Waals surface area contributed by atoms with E-state index in [0.717, 1.165) is 19.5 Å². The molecule has 0 aromatic heterocycles. The van der Waals surface area contributed by atoms with Crippen LogP contribution < -0.4 is 5.73 Å². The first-order valence-corrected chi connectivity index (χ1v) is 7.05. The lowest BCUT2D eigenvalue weighted by molar-refractivity contribution is 0.342. The Morgan fingerprint density at radius 3 is 2.57 bits per heavy atom. The van der Waals surface area contributed by atoms with Gasteiger partial charge in [-0.2, -0.15) is 0 Å². The van der Waals surface area contributed by atoms with Crippen molar-refractivity contribution in [3.63, 3.8) is 0 Å². The zero-order chi connectivity index (χ0) is 10.8. The summed E-state index contributed by atoms with van der Waals surface area (Å²) in [5, 5.41) is 0. The molecule has 5 heteroatoms. The molecule has 0 spiro atoms. The minimum absolute atomic E-state index is 0.134. The standard InChI is InChI=1S/C9H20N2O2S/c1-11-4-3-8(6-11)9(5-10)7-14(2,12)13/h8-9H,3-7,10H2,1-2H3. The summed E-state index contributed by atoms with van der Waals surface area (Å²) < 4.78 is 22.3. The Morgan fingerprint density at radius 2 is 2.21 bits per heavy atom. The van der Waals surface area contributed by atoms with Crippen LogP contribution in [0.15, 0.2) is 0 Å². The number of rotatable bonds is 4. The third-order valence-electron chi connectivity index (χ3n) is 2.91. The van der Waals surface area contributed by atoms with E-state index < -0.39 is 9.84 Å². The summed E-state index contributed by atoms with van der Waals surface area (Å²) in [5.41, 5.74) is 5.62. The molecule has 2 unspecified atom stereocenters. The van der Waals surface area contributed by atoms with Crippen LogP contribution in [0.1, 0.15) is 6.42 Å². The molecule has 1 fully saturated rings. The van der Waals surface area contributed by atoms with E-state index in [1.54, 1.807) is 0 Å². The molecule has 1 saturated heterocycles. The van der Waals surface area contributed by atoms with Crippen molar-refractivity contribution in [1.82, 2.24) is 4.90 Å². The summed E-state index contributed by atoms with van der Waals surface area (Å²) in [7, 11) is -0.825. The van der Waals surface area contributed by atoms with Crippen LogP contribution in [0.5, 0.6) is 0 Å². The predicted octanol–water partition coefficient (Wildman–Crippen LogP) is -0.442. The molecule has 0 saturated carbocycles. The highest BCUT2D eigenvalue weighted by molar-refractivity contribution is 7.90. The predicted molar refractivity (Wildman–Crippen MR) is 57.9 cm³/mol. The topological polar surface area (TPSA) is 63.4 Å². The fourth-order valence-corrected chi connectivity index (χ4v) is 3.33. The largest absolute Gasteiger partial charge is 0.330 e. The minimum atomic E-state index is -2.89. The molecule has 4 nitrogen and oxygen atoms in total. The number of hydrogen-bond acceptors (Lipinski definition) is 4. The van der Waals surface area contributed by atoms with Crippen molar-refractivity contribution in [2.75, 3.05) is 38.7 Å². The third-order valence-corrected chi connectivity index (χ3v) is 3.95. The SMILES string of the molecule is CN1CCC(C(CN)CS(C)(=O)=O)C1. The van der Waals surface area contributed by atoms with Crippen molar-refractivity contribution in [1.29, 1.82) is 0 Å². The van der Waals surface area contributed by atoms with Crippen molar-refractivity contribution in [3.8, 4) is 0 Å². The smallest absolute Gasteiger partial charge is 0.147 e. The van der Waals surface area contributed by atoms with Gasteiger partial charge >= 0.3 is 0 Å². The van der Waals surface area contributed by atoms with Crippen LogP contribution in [0.4, 0.5) is 0 Å². The normalized spacial score (nSPS) is 26.6. The lowest BCUT2D eigenvalue weighted by atomic mass is 9.93. The molecule has 14 heavy (non-hydrogen) atoms. The van der Waals surface area contributed by atoms with E-state index in [-0.39, 0.29) is 11.7 Å². The van der Waals surface area contributed by atoms with Gasteiger partial charge < -0.3 is 10.6 Å². The molecule has 0 aliphatic carbocycles. The molecule has 2 N–H and O–H groups in total. The summed E-state index contributed by atoms with van der Waals surface area (Å²) in [4.78, 5) is 2.23. The van der Waals surface area contributed by atoms with Crippen LogP contribution in [-0.2, 0) is 9.84 Å². The fourth-order valence-electron chi connectivity index (χ4n) is 2.14. The molecule has 1 rings (SSSR count). The van der Waals surface area contributed by atoms with Gasteiger partial charge in [0.2, 0.25) is 0 Å². The monoisotopic (exact) mass is 220 g/mol. The number of likely N-dealkylation sites (tertiary alicyclic amines) is 1. The third kappa shape index (κ3) is 3.55. The highest BCUT2D eigenvalue weighted by atomic mass is 32.2. The number of nitrogens with two attached hydrogens (primary N) is 1. The van der Waals surface area contributed by atoms with Crippen molar-refractivity contribution in [2.45, 2.75) is 6.42 Å². The maximum Gasteiger partial charge on any atom is 0.147 e. The molecule has 2 atom stereocenters. The van der Waals surface area contributed by atoms with Gasteiger partial charge in [0.05, 0.1) is 5.75 Å². The minimum Gasteiger partial charge on any atom is -0.330 e. The Hall–Kier alpha value is -0.130. The molecule has 0 bridgehead atoms. The number of sulfone groups is 1. The van der Waals surface area contributed by atoms with E-state index in [4.69, 9.17) is 5.73 Å². The second-order valence-electron chi connectivity index (χ2n) is 4.40. The average molecular weight is 220 g/mol. The van der Waals surface area contributed by atoms with Gasteiger partial charge in [-0.1, -0.05) is 0 Å². The van der Waals surface area contributed by atoms with Crippen LogP contribution in [-0.4, -0.2) is 52.0 Å². The van der Waals surface area contributed by atoms with E-state index in [9.17, 15) is 8.42 Å². The van der Waals surface area contributed by atoms with E-state index in [1.807, 2.05) is 0 Å². The van der Waals surface area contributed by atoms with Gasteiger partial charge in [-0.25, -0.2) is 8.42 Å². The zero-order valence-electron chi connectivity index (χ0n) is 8.94. The van der Waals surface area contributed by atoms with Gasteiger partial charge in [-0.05, 0) is 38.4 Å². The maximum absolute atomic E-state index is 11.2. The second kappa shape index (κ2) is 4.59. The first kappa shape index (κ1) is 11.9. The first-order valence-electron chi connectivity index (χ1n) is 4.98. The summed E-state index contributed by atoms with van der Waals surface area (Å²) >= 11 is 0.